The zero-order valence-corrected chi connectivity index (χ0v) is 12.5. The Hall–Kier alpha value is -0.820. The number of halogens is 1. The van der Waals surface area contributed by atoms with Crippen molar-refractivity contribution >= 4 is 39.8 Å². The molecule has 0 aliphatic carbocycles. The summed E-state index contributed by atoms with van der Waals surface area (Å²) in [6, 6.07) is 3.81. The minimum atomic E-state index is 0.0461. The van der Waals surface area contributed by atoms with E-state index in [1.54, 1.807) is 29.5 Å². The molecule has 0 spiro atoms. The Balaban J connectivity index is 2.08. The number of rotatable bonds is 3. The SMILES string of the molecule is Cc1occc1CN(C)C(=O)c1csc(I)c1. The lowest BCUT2D eigenvalue weighted by Gasteiger charge is -2.15. The smallest absolute Gasteiger partial charge is 0.254 e. The van der Waals surface area contributed by atoms with Crippen molar-refractivity contribution in [3.05, 3.63) is 43.5 Å². The summed E-state index contributed by atoms with van der Waals surface area (Å²) >= 11 is 3.80. The number of hydrogen-bond acceptors (Lipinski definition) is 3. The Morgan fingerprint density at radius 3 is 2.88 bits per heavy atom. The number of thiophene rings is 1. The molecule has 2 aromatic heterocycles. The number of carbonyl (C=O) groups excluding carboxylic acids is 1. The molecule has 0 radical (unpaired) electrons. The molecule has 3 nitrogen and oxygen atoms in total. The Bertz CT molecular complexity index is 532. The Morgan fingerprint density at radius 2 is 2.35 bits per heavy atom. The van der Waals surface area contributed by atoms with E-state index in [-0.39, 0.29) is 5.91 Å². The van der Waals surface area contributed by atoms with Gasteiger partial charge in [-0.15, -0.1) is 11.3 Å². The van der Waals surface area contributed by atoms with Crippen LogP contribution in [0.25, 0.3) is 0 Å². The van der Waals surface area contributed by atoms with E-state index in [1.165, 1.54) is 0 Å². The second-order valence-corrected chi connectivity index (χ2v) is 6.61. The van der Waals surface area contributed by atoms with Crippen molar-refractivity contribution in [1.29, 1.82) is 0 Å². The summed E-state index contributed by atoms with van der Waals surface area (Å²) < 4.78 is 6.34. The summed E-state index contributed by atoms with van der Waals surface area (Å²) in [5.41, 5.74) is 1.80. The van der Waals surface area contributed by atoms with Crippen LogP contribution in [-0.2, 0) is 6.54 Å². The monoisotopic (exact) mass is 361 g/mol. The van der Waals surface area contributed by atoms with Crippen LogP contribution < -0.4 is 0 Å². The summed E-state index contributed by atoms with van der Waals surface area (Å²) in [6.45, 7) is 2.48. The van der Waals surface area contributed by atoms with Crippen molar-refractivity contribution in [2.75, 3.05) is 7.05 Å². The molecule has 0 aliphatic heterocycles. The highest BCUT2D eigenvalue weighted by Crippen LogP contribution is 2.19. The molecular formula is C12H12INO2S. The number of aryl methyl sites for hydroxylation is 1. The zero-order valence-electron chi connectivity index (χ0n) is 9.57. The number of amides is 1. The van der Waals surface area contributed by atoms with Gasteiger partial charge >= 0.3 is 0 Å². The molecule has 17 heavy (non-hydrogen) atoms. The normalized spacial score (nSPS) is 10.5. The van der Waals surface area contributed by atoms with Gasteiger partial charge in [0, 0.05) is 24.5 Å². The van der Waals surface area contributed by atoms with Crippen molar-refractivity contribution in [3.63, 3.8) is 0 Å². The summed E-state index contributed by atoms with van der Waals surface area (Å²) in [6.07, 6.45) is 1.65. The first-order valence-corrected chi connectivity index (χ1v) is 7.06. The highest BCUT2D eigenvalue weighted by Gasteiger charge is 2.15. The largest absolute Gasteiger partial charge is 0.469 e. The van der Waals surface area contributed by atoms with E-state index in [1.807, 2.05) is 24.4 Å². The van der Waals surface area contributed by atoms with E-state index in [0.717, 1.165) is 19.8 Å². The third-order valence-corrected chi connectivity index (χ3v) is 4.32. The summed E-state index contributed by atoms with van der Waals surface area (Å²) in [4.78, 5) is 13.8. The predicted octanol–water partition coefficient (Wildman–Crippen LogP) is 3.53. The van der Waals surface area contributed by atoms with Crippen LogP contribution in [0.3, 0.4) is 0 Å². The molecule has 0 unspecified atom stereocenters. The standard InChI is InChI=1S/C12H12INO2S/c1-8-9(3-4-16-8)6-14(2)12(15)10-5-11(13)17-7-10/h3-5,7H,6H2,1-2H3. The Morgan fingerprint density at radius 1 is 1.59 bits per heavy atom. The molecule has 1 amide bonds. The Labute approximate surface area is 118 Å². The molecule has 0 saturated carbocycles. The van der Waals surface area contributed by atoms with E-state index in [9.17, 15) is 4.79 Å². The van der Waals surface area contributed by atoms with Crippen LogP contribution in [0.5, 0.6) is 0 Å². The molecule has 0 fully saturated rings. The molecule has 2 heterocycles. The quantitative estimate of drug-likeness (QED) is 0.784. The number of carbonyl (C=O) groups is 1. The molecule has 0 saturated heterocycles. The van der Waals surface area contributed by atoms with Crippen molar-refractivity contribution in [3.8, 4) is 0 Å². The van der Waals surface area contributed by atoms with E-state index in [0.29, 0.717) is 6.54 Å². The summed E-state index contributed by atoms with van der Waals surface area (Å²) in [5, 5.41) is 1.89. The first-order chi connectivity index (χ1) is 8.08. The first kappa shape index (κ1) is 12.6. The molecule has 0 bridgehead atoms. The predicted molar refractivity (Wildman–Crippen MR) is 76.3 cm³/mol. The van der Waals surface area contributed by atoms with Crippen LogP contribution in [0, 0.1) is 9.81 Å². The lowest BCUT2D eigenvalue weighted by Crippen LogP contribution is -2.25. The second kappa shape index (κ2) is 5.22. The van der Waals surface area contributed by atoms with Gasteiger partial charge in [0.1, 0.15) is 5.76 Å². The van der Waals surface area contributed by atoms with Crippen LogP contribution in [0.1, 0.15) is 21.7 Å². The van der Waals surface area contributed by atoms with Gasteiger partial charge in [-0.3, -0.25) is 4.79 Å². The Kier molecular flexibility index (Phi) is 3.88. The third kappa shape index (κ3) is 2.90. The van der Waals surface area contributed by atoms with Gasteiger partial charge in [0.15, 0.2) is 0 Å². The average Bonchev–Trinajstić information content (AvgIpc) is 2.88. The highest BCUT2D eigenvalue weighted by atomic mass is 127. The summed E-state index contributed by atoms with van der Waals surface area (Å²) in [5.74, 6) is 0.911. The van der Waals surface area contributed by atoms with E-state index in [2.05, 4.69) is 22.6 Å². The van der Waals surface area contributed by atoms with Crippen molar-refractivity contribution in [2.24, 2.45) is 0 Å². The molecule has 2 aromatic rings. The van der Waals surface area contributed by atoms with Crippen LogP contribution in [0.4, 0.5) is 0 Å². The topological polar surface area (TPSA) is 33.5 Å². The van der Waals surface area contributed by atoms with E-state index >= 15 is 0 Å². The highest BCUT2D eigenvalue weighted by molar-refractivity contribution is 14.1. The maximum absolute atomic E-state index is 12.1. The van der Waals surface area contributed by atoms with Gasteiger partial charge in [-0.05, 0) is 41.6 Å². The lowest BCUT2D eigenvalue weighted by atomic mass is 10.2. The molecular weight excluding hydrogens is 349 g/mol. The number of furan rings is 1. The fraction of sp³-hybridized carbons (Fsp3) is 0.250. The minimum absolute atomic E-state index is 0.0461. The fourth-order valence-electron chi connectivity index (χ4n) is 1.55. The molecule has 0 N–H and O–H groups in total. The molecule has 0 aliphatic rings. The first-order valence-electron chi connectivity index (χ1n) is 5.10. The van der Waals surface area contributed by atoms with Crippen LogP contribution in [-0.4, -0.2) is 17.9 Å². The van der Waals surface area contributed by atoms with Gasteiger partial charge in [-0.2, -0.15) is 0 Å². The molecule has 5 heteroatoms. The van der Waals surface area contributed by atoms with Crippen molar-refractivity contribution in [1.82, 2.24) is 4.90 Å². The zero-order chi connectivity index (χ0) is 12.4. The van der Waals surface area contributed by atoms with Gasteiger partial charge in [0.2, 0.25) is 0 Å². The number of hydrogen-bond donors (Lipinski definition) is 0. The molecule has 0 aromatic carbocycles. The fourth-order valence-corrected chi connectivity index (χ4v) is 2.87. The third-order valence-electron chi connectivity index (χ3n) is 2.53. The molecule has 90 valence electrons. The minimum Gasteiger partial charge on any atom is -0.469 e. The molecule has 2 rings (SSSR count). The van der Waals surface area contributed by atoms with Gasteiger partial charge in [-0.1, -0.05) is 0 Å². The van der Waals surface area contributed by atoms with Crippen LogP contribution in [0.15, 0.2) is 28.2 Å². The summed E-state index contributed by atoms with van der Waals surface area (Å²) in [7, 11) is 1.80. The van der Waals surface area contributed by atoms with Crippen LogP contribution >= 0.6 is 33.9 Å². The van der Waals surface area contributed by atoms with Crippen molar-refractivity contribution < 1.29 is 9.21 Å². The second-order valence-electron chi connectivity index (χ2n) is 3.80. The van der Waals surface area contributed by atoms with Gasteiger partial charge < -0.3 is 9.32 Å². The lowest BCUT2D eigenvalue weighted by molar-refractivity contribution is 0.0785. The van der Waals surface area contributed by atoms with Gasteiger partial charge in [0.05, 0.1) is 14.7 Å². The average molecular weight is 361 g/mol. The molecule has 0 atom stereocenters. The number of nitrogens with zero attached hydrogens (tertiary/aromatic N) is 1. The van der Waals surface area contributed by atoms with Crippen LogP contribution in [0.2, 0.25) is 0 Å². The maximum atomic E-state index is 12.1. The van der Waals surface area contributed by atoms with E-state index in [4.69, 9.17) is 4.42 Å². The van der Waals surface area contributed by atoms with Gasteiger partial charge in [-0.25, -0.2) is 0 Å². The van der Waals surface area contributed by atoms with Crippen molar-refractivity contribution in [2.45, 2.75) is 13.5 Å². The van der Waals surface area contributed by atoms with E-state index < -0.39 is 0 Å². The van der Waals surface area contributed by atoms with Gasteiger partial charge in [0.25, 0.3) is 5.91 Å². The maximum Gasteiger partial charge on any atom is 0.254 e.